The second kappa shape index (κ2) is 9.50. The Morgan fingerprint density at radius 1 is 1.10 bits per heavy atom. The smallest absolute Gasteiger partial charge is 0.251 e. The van der Waals surface area contributed by atoms with E-state index in [0.29, 0.717) is 12.1 Å². The zero-order chi connectivity index (χ0) is 21.8. The van der Waals surface area contributed by atoms with Crippen molar-refractivity contribution in [2.75, 3.05) is 29.7 Å². The molecular formula is C22H27N3O4S2. The topological polar surface area (TPSA) is 86.8 Å². The summed E-state index contributed by atoms with van der Waals surface area (Å²) in [5, 5.41) is 5.08. The lowest BCUT2D eigenvalue weighted by molar-refractivity contribution is -0.116. The first-order chi connectivity index (χ1) is 15.0. The van der Waals surface area contributed by atoms with Gasteiger partial charge in [0.05, 0.1) is 17.5 Å². The molecule has 0 aliphatic carbocycles. The van der Waals surface area contributed by atoms with Crippen molar-refractivity contribution in [2.24, 2.45) is 0 Å². The Morgan fingerprint density at radius 2 is 1.87 bits per heavy atom. The van der Waals surface area contributed by atoms with E-state index in [0.717, 1.165) is 30.2 Å². The minimum absolute atomic E-state index is 0.0307. The van der Waals surface area contributed by atoms with Crippen LogP contribution < -0.4 is 9.62 Å². The zero-order valence-corrected chi connectivity index (χ0v) is 19.0. The van der Waals surface area contributed by atoms with Gasteiger partial charge in [-0.1, -0.05) is 25.0 Å². The molecule has 2 aliphatic rings. The molecule has 2 saturated heterocycles. The first-order valence-corrected chi connectivity index (χ1v) is 13.2. The Balaban J connectivity index is 1.49. The van der Waals surface area contributed by atoms with Gasteiger partial charge in [0.2, 0.25) is 15.9 Å². The van der Waals surface area contributed by atoms with E-state index < -0.39 is 15.9 Å². The maximum atomic E-state index is 12.9. The number of rotatable bonds is 6. The molecule has 9 heteroatoms. The Hall–Kier alpha value is -2.23. The maximum absolute atomic E-state index is 12.9. The molecule has 0 bridgehead atoms. The Bertz CT molecular complexity index is 1030. The molecule has 3 heterocycles. The number of hydrogen-bond donors (Lipinski definition) is 1. The molecule has 2 fully saturated rings. The Kier molecular flexibility index (Phi) is 6.74. The van der Waals surface area contributed by atoms with Crippen molar-refractivity contribution in [2.45, 2.75) is 38.1 Å². The van der Waals surface area contributed by atoms with E-state index in [1.54, 1.807) is 29.5 Å². The van der Waals surface area contributed by atoms with E-state index in [1.165, 1.54) is 23.8 Å². The van der Waals surface area contributed by atoms with Crippen molar-refractivity contribution in [1.82, 2.24) is 10.2 Å². The van der Waals surface area contributed by atoms with Gasteiger partial charge in [-0.05, 0) is 55.6 Å². The standard InChI is InChI=1S/C22H27N3O4S2/c26-21-10-14-31(28,29)25(21)18-8-5-7-17(15-18)22(27)23-16-19(20-9-6-13-30-20)24-11-3-1-2-4-12-24/h5-9,13,15,19H,1-4,10-12,14,16H2,(H,23,27)/t19-/m1/s1. The van der Waals surface area contributed by atoms with Crippen LogP contribution in [0.3, 0.4) is 0 Å². The average molecular weight is 462 g/mol. The van der Waals surface area contributed by atoms with Crippen LogP contribution in [0, 0.1) is 0 Å². The molecule has 0 unspecified atom stereocenters. The molecule has 1 N–H and O–H groups in total. The van der Waals surface area contributed by atoms with Crippen LogP contribution in [0.15, 0.2) is 41.8 Å². The second-order valence-electron chi connectivity index (χ2n) is 7.97. The van der Waals surface area contributed by atoms with Crippen LogP contribution in [0.25, 0.3) is 0 Å². The summed E-state index contributed by atoms with van der Waals surface area (Å²) in [5.74, 6) is -0.931. The van der Waals surface area contributed by atoms with Crippen LogP contribution in [0.1, 0.15) is 53.4 Å². The lowest BCUT2D eigenvalue weighted by Gasteiger charge is -2.30. The van der Waals surface area contributed by atoms with Crippen LogP contribution >= 0.6 is 11.3 Å². The van der Waals surface area contributed by atoms with E-state index in [9.17, 15) is 18.0 Å². The second-order valence-corrected chi connectivity index (χ2v) is 10.9. The van der Waals surface area contributed by atoms with Crippen molar-refractivity contribution < 1.29 is 18.0 Å². The number of nitrogens with zero attached hydrogens (tertiary/aromatic N) is 2. The number of hydrogen-bond acceptors (Lipinski definition) is 6. The molecule has 2 aliphatic heterocycles. The van der Waals surface area contributed by atoms with Gasteiger partial charge in [0, 0.05) is 23.4 Å². The molecule has 1 atom stereocenters. The van der Waals surface area contributed by atoms with E-state index in [2.05, 4.69) is 21.7 Å². The largest absolute Gasteiger partial charge is 0.350 e. The molecule has 0 spiro atoms. The fourth-order valence-corrected chi connectivity index (χ4v) is 6.54. The van der Waals surface area contributed by atoms with E-state index in [1.807, 2.05) is 6.07 Å². The minimum atomic E-state index is -3.66. The molecular weight excluding hydrogens is 434 g/mol. The van der Waals surface area contributed by atoms with Crippen molar-refractivity contribution >= 4 is 38.9 Å². The molecule has 4 rings (SSSR count). The maximum Gasteiger partial charge on any atom is 0.251 e. The molecule has 2 aromatic rings. The summed E-state index contributed by atoms with van der Waals surface area (Å²) in [5.41, 5.74) is 0.561. The van der Waals surface area contributed by atoms with Gasteiger partial charge in [-0.25, -0.2) is 12.7 Å². The fraction of sp³-hybridized carbons (Fsp3) is 0.455. The molecule has 2 amide bonds. The number of thiophene rings is 1. The highest BCUT2D eigenvalue weighted by molar-refractivity contribution is 7.94. The lowest BCUT2D eigenvalue weighted by Crippen LogP contribution is -2.38. The highest BCUT2D eigenvalue weighted by atomic mass is 32.2. The van der Waals surface area contributed by atoms with Crippen LogP contribution in [0.4, 0.5) is 5.69 Å². The Morgan fingerprint density at radius 3 is 2.52 bits per heavy atom. The van der Waals surface area contributed by atoms with Crippen LogP contribution in [0.2, 0.25) is 0 Å². The van der Waals surface area contributed by atoms with Crippen molar-refractivity contribution in [3.05, 3.63) is 52.2 Å². The first-order valence-electron chi connectivity index (χ1n) is 10.7. The number of anilines is 1. The van der Waals surface area contributed by atoms with Crippen molar-refractivity contribution in [3.8, 4) is 0 Å². The van der Waals surface area contributed by atoms with E-state index in [4.69, 9.17) is 0 Å². The summed E-state index contributed by atoms with van der Waals surface area (Å²) in [6.45, 7) is 2.51. The monoisotopic (exact) mass is 461 g/mol. The predicted molar refractivity (Wildman–Crippen MR) is 122 cm³/mol. The fourth-order valence-electron chi connectivity index (χ4n) is 4.23. The number of sulfonamides is 1. The summed E-state index contributed by atoms with van der Waals surface area (Å²) in [6.07, 6.45) is 4.78. The van der Waals surface area contributed by atoms with Gasteiger partial charge < -0.3 is 5.32 Å². The van der Waals surface area contributed by atoms with Crippen molar-refractivity contribution in [1.29, 1.82) is 0 Å². The number of benzene rings is 1. The summed E-state index contributed by atoms with van der Waals surface area (Å²) in [7, 11) is -3.66. The number of amides is 2. The van der Waals surface area contributed by atoms with Gasteiger partial charge in [-0.15, -0.1) is 11.3 Å². The normalized spacial score (nSPS) is 20.4. The van der Waals surface area contributed by atoms with Gasteiger partial charge in [0.1, 0.15) is 0 Å². The summed E-state index contributed by atoms with van der Waals surface area (Å²) in [6, 6.07) is 10.5. The van der Waals surface area contributed by atoms with Crippen molar-refractivity contribution in [3.63, 3.8) is 0 Å². The quantitative estimate of drug-likeness (QED) is 0.714. The first kappa shape index (κ1) is 22.0. The molecule has 166 valence electrons. The minimum Gasteiger partial charge on any atom is -0.350 e. The van der Waals surface area contributed by atoms with E-state index in [-0.39, 0.29) is 29.8 Å². The van der Waals surface area contributed by atoms with Crippen LogP contribution in [-0.2, 0) is 14.8 Å². The van der Waals surface area contributed by atoms with Gasteiger partial charge in [-0.2, -0.15) is 0 Å². The summed E-state index contributed by atoms with van der Waals surface area (Å²) >= 11 is 1.69. The van der Waals surface area contributed by atoms with Crippen LogP contribution in [0.5, 0.6) is 0 Å². The van der Waals surface area contributed by atoms with Gasteiger partial charge in [-0.3, -0.25) is 14.5 Å². The Labute approximate surface area is 187 Å². The highest BCUT2D eigenvalue weighted by Crippen LogP contribution is 2.28. The summed E-state index contributed by atoms with van der Waals surface area (Å²) < 4.78 is 25.2. The SMILES string of the molecule is O=C(NC[C@H](c1cccs1)N1CCCCCC1)c1cccc(N2C(=O)CCS2(=O)=O)c1. The average Bonchev–Trinajstić information content (AvgIpc) is 3.27. The number of likely N-dealkylation sites (tertiary alicyclic amines) is 1. The van der Waals surface area contributed by atoms with E-state index >= 15 is 0 Å². The molecule has 0 saturated carbocycles. The number of nitrogens with one attached hydrogen (secondary N) is 1. The summed E-state index contributed by atoms with van der Waals surface area (Å²) in [4.78, 5) is 28.6. The molecule has 7 nitrogen and oxygen atoms in total. The highest BCUT2D eigenvalue weighted by Gasteiger charge is 2.36. The lowest BCUT2D eigenvalue weighted by atomic mass is 10.1. The van der Waals surface area contributed by atoms with Gasteiger partial charge in [0.25, 0.3) is 5.91 Å². The molecule has 1 aromatic carbocycles. The number of carbonyl (C=O) groups is 2. The third-order valence-corrected chi connectivity index (χ3v) is 8.49. The van der Waals surface area contributed by atoms with Gasteiger partial charge in [0.15, 0.2) is 0 Å². The zero-order valence-electron chi connectivity index (χ0n) is 17.3. The molecule has 1 aromatic heterocycles. The third-order valence-electron chi connectivity index (χ3n) is 5.83. The molecule has 31 heavy (non-hydrogen) atoms. The molecule has 0 radical (unpaired) electrons. The predicted octanol–water partition coefficient (Wildman–Crippen LogP) is 3.16. The van der Waals surface area contributed by atoms with Crippen LogP contribution in [-0.4, -0.2) is 50.5 Å². The number of carbonyl (C=O) groups excluding carboxylic acids is 2. The van der Waals surface area contributed by atoms with Gasteiger partial charge >= 0.3 is 0 Å². The third kappa shape index (κ3) is 4.99.